The van der Waals surface area contributed by atoms with Crippen molar-refractivity contribution >= 4 is 15.9 Å². The van der Waals surface area contributed by atoms with E-state index < -0.39 is 0 Å². The minimum atomic E-state index is 0.906. The highest BCUT2D eigenvalue weighted by molar-refractivity contribution is 9.08. The average Bonchev–Trinajstić information content (AvgIpc) is 2.70. The van der Waals surface area contributed by atoms with Crippen molar-refractivity contribution in [2.45, 2.75) is 12.3 Å². The van der Waals surface area contributed by atoms with E-state index in [2.05, 4.69) is 46.0 Å². The molecule has 0 saturated heterocycles. The zero-order valence-electron chi connectivity index (χ0n) is 7.94. The van der Waals surface area contributed by atoms with Gasteiger partial charge in [-0.2, -0.15) is 0 Å². The Morgan fingerprint density at radius 1 is 1.43 bits per heavy atom. The van der Waals surface area contributed by atoms with Crippen molar-refractivity contribution in [3.05, 3.63) is 48.0 Å². The largest absolute Gasteiger partial charge is 0.306 e. The lowest BCUT2D eigenvalue weighted by Gasteiger charge is -2.06. The molecule has 1 heterocycles. The average molecular weight is 251 g/mol. The molecule has 0 N–H and O–H groups in total. The Balaban J connectivity index is 2.43. The van der Waals surface area contributed by atoms with Gasteiger partial charge in [-0.3, -0.25) is 0 Å². The summed E-state index contributed by atoms with van der Waals surface area (Å²) in [7, 11) is 0. The van der Waals surface area contributed by atoms with E-state index in [9.17, 15) is 0 Å². The van der Waals surface area contributed by atoms with Crippen molar-refractivity contribution in [2.75, 3.05) is 0 Å². The molecule has 1 aromatic carbocycles. The van der Waals surface area contributed by atoms with E-state index in [0.29, 0.717) is 0 Å². The second kappa shape index (κ2) is 3.96. The van der Waals surface area contributed by atoms with E-state index in [-0.39, 0.29) is 0 Å². The smallest absolute Gasteiger partial charge is 0.0991 e. The third-order valence-electron chi connectivity index (χ3n) is 2.27. The topological polar surface area (TPSA) is 17.8 Å². The number of hydrogen-bond donors (Lipinski definition) is 0. The Kier molecular flexibility index (Phi) is 2.68. The van der Waals surface area contributed by atoms with Gasteiger partial charge < -0.3 is 4.57 Å². The van der Waals surface area contributed by atoms with E-state index in [0.717, 1.165) is 11.0 Å². The molecule has 3 heteroatoms. The number of aromatic nitrogens is 2. The lowest BCUT2D eigenvalue weighted by atomic mass is 10.1. The predicted octanol–water partition coefficient (Wildman–Crippen LogP) is 3.08. The van der Waals surface area contributed by atoms with Gasteiger partial charge in [0.2, 0.25) is 0 Å². The van der Waals surface area contributed by atoms with Gasteiger partial charge in [0.05, 0.1) is 6.33 Å². The van der Waals surface area contributed by atoms with Gasteiger partial charge in [-0.15, -0.1) is 0 Å². The molecule has 2 nitrogen and oxygen atoms in total. The third kappa shape index (κ3) is 1.73. The van der Waals surface area contributed by atoms with Gasteiger partial charge in [-0.1, -0.05) is 22.0 Å². The van der Waals surface area contributed by atoms with E-state index in [1.165, 1.54) is 11.1 Å². The fourth-order valence-electron chi connectivity index (χ4n) is 1.40. The predicted molar refractivity (Wildman–Crippen MR) is 60.9 cm³/mol. The van der Waals surface area contributed by atoms with Crippen molar-refractivity contribution < 1.29 is 0 Å². The first kappa shape index (κ1) is 9.46. The number of halogens is 1. The molecule has 0 unspecified atom stereocenters. The van der Waals surface area contributed by atoms with Gasteiger partial charge in [0.1, 0.15) is 0 Å². The number of hydrogen-bond acceptors (Lipinski definition) is 1. The Labute approximate surface area is 91.7 Å². The molecule has 0 radical (unpaired) electrons. The third-order valence-corrected chi connectivity index (χ3v) is 2.88. The molecule has 0 fully saturated rings. The summed E-state index contributed by atoms with van der Waals surface area (Å²) < 4.78 is 2.00. The molecule has 1 aromatic heterocycles. The van der Waals surface area contributed by atoms with Crippen molar-refractivity contribution in [2.24, 2.45) is 0 Å². The van der Waals surface area contributed by atoms with Crippen molar-refractivity contribution in [3.63, 3.8) is 0 Å². The maximum absolute atomic E-state index is 4.02. The van der Waals surface area contributed by atoms with Crippen LogP contribution in [0.5, 0.6) is 0 Å². The van der Waals surface area contributed by atoms with E-state index in [1.54, 1.807) is 6.20 Å². The minimum Gasteiger partial charge on any atom is -0.306 e. The van der Waals surface area contributed by atoms with Gasteiger partial charge in [0, 0.05) is 23.4 Å². The number of alkyl halides is 1. The number of aryl methyl sites for hydroxylation is 1. The highest BCUT2D eigenvalue weighted by Gasteiger charge is 1.99. The van der Waals surface area contributed by atoms with E-state index in [4.69, 9.17) is 0 Å². The van der Waals surface area contributed by atoms with Crippen molar-refractivity contribution in [3.8, 4) is 5.69 Å². The highest BCUT2D eigenvalue weighted by atomic mass is 79.9. The highest BCUT2D eigenvalue weighted by Crippen LogP contribution is 2.16. The Morgan fingerprint density at radius 3 is 2.86 bits per heavy atom. The minimum absolute atomic E-state index is 0.906. The summed E-state index contributed by atoms with van der Waals surface area (Å²) in [4.78, 5) is 4.02. The first-order valence-electron chi connectivity index (χ1n) is 4.45. The maximum Gasteiger partial charge on any atom is 0.0991 e. The Hall–Kier alpha value is -1.09. The van der Waals surface area contributed by atoms with Crippen molar-refractivity contribution in [1.29, 1.82) is 0 Å². The number of rotatable bonds is 2. The summed E-state index contributed by atoms with van der Waals surface area (Å²) >= 11 is 3.46. The van der Waals surface area contributed by atoms with Crippen LogP contribution in [-0.2, 0) is 5.33 Å². The van der Waals surface area contributed by atoms with Gasteiger partial charge in [-0.25, -0.2) is 4.98 Å². The second-order valence-corrected chi connectivity index (χ2v) is 3.78. The van der Waals surface area contributed by atoms with E-state index in [1.807, 2.05) is 17.1 Å². The molecule has 0 aliphatic carbocycles. The molecule has 0 atom stereocenters. The van der Waals surface area contributed by atoms with Crippen LogP contribution in [0.2, 0.25) is 0 Å². The van der Waals surface area contributed by atoms with Crippen LogP contribution >= 0.6 is 15.9 Å². The van der Waals surface area contributed by atoms with Gasteiger partial charge in [-0.05, 0) is 30.2 Å². The van der Waals surface area contributed by atoms with Crippen LogP contribution in [0, 0.1) is 6.92 Å². The zero-order chi connectivity index (χ0) is 9.97. The lowest BCUT2D eigenvalue weighted by molar-refractivity contribution is 1.05. The van der Waals surface area contributed by atoms with Crippen molar-refractivity contribution in [1.82, 2.24) is 9.55 Å². The summed E-state index contributed by atoms with van der Waals surface area (Å²) in [6.45, 7) is 2.12. The van der Waals surface area contributed by atoms with Crippen LogP contribution in [0.1, 0.15) is 11.1 Å². The lowest BCUT2D eigenvalue weighted by Crippen LogP contribution is -1.92. The second-order valence-electron chi connectivity index (χ2n) is 3.21. The zero-order valence-corrected chi connectivity index (χ0v) is 9.53. The molecule has 0 spiro atoms. The normalized spacial score (nSPS) is 10.4. The van der Waals surface area contributed by atoms with Gasteiger partial charge in [0.15, 0.2) is 0 Å². The molecule has 72 valence electrons. The molecule has 2 aromatic rings. The maximum atomic E-state index is 4.02. The Bertz CT molecular complexity index is 421. The van der Waals surface area contributed by atoms with Crippen LogP contribution in [0.25, 0.3) is 5.69 Å². The Morgan fingerprint density at radius 2 is 2.29 bits per heavy atom. The SMILES string of the molecule is Cc1cc(-n2ccnc2)ccc1CBr. The summed E-state index contributed by atoms with van der Waals surface area (Å²) in [5.41, 5.74) is 3.78. The summed E-state index contributed by atoms with van der Waals surface area (Å²) in [5.74, 6) is 0. The van der Waals surface area contributed by atoms with Crippen LogP contribution in [0.3, 0.4) is 0 Å². The molecule has 0 bridgehead atoms. The molecular formula is C11H11BrN2. The summed E-state index contributed by atoms with van der Waals surface area (Å²) in [6, 6.07) is 6.41. The van der Waals surface area contributed by atoms with Crippen LogP contribution < -0.4 is 0 Å². The summed E-state index contributed by atoms with van der Waals surface area (Å²) in [6.07, 6.45) is 5.54. The number of benzene rings is 1. The van der Waals surface area contributed by atoms with Crippen LogP contribution in [0.4, 0.5) is 0 Å². The number of nitrogens with zero attached hydrogens (tertiary/aromatic N) is 2. The fourth-order valence-corrected chi connectivity index (χ4v) is 2.03. The standard InChI is InChI=1S/C11H11BrN2/c1-9-6-11(3-2-10(9)7-12)14-5-4-13-8-14/h2-6,8H,7H2,1H3. The molecule has 0 saturated carbocycles. The fraction of sp³-hybridized carbons (Fsp3) is 0.182. The van der Waals surface area contributed by atoms with E-state index >= 15 is 0 Å². The van der Waals surface area contributed by atoms with Crippen LogP contribution in [0.15, 0.2) is 36.9 Å². The molecule has 0 aliphatic heterocycles. The first-order chi connectivity index (χ1) is 6.81. The monoisotopic (exact) mass is 250 g/mol. The number of imidazole rings is 1. The molecular weight excluding hydrogens is 240 g/mol. The van der Waals surface area contributed by atoms with Gasteiger partial charge >= 0.3 is 0 Å². The molecule has 0 aliphatic rings. The van der Waals surface area contributed by atoms with Crippen LogP contribution in [-0.4, -0.2) is 9.55 Å². The summed E-state index contributed by atoms with van der Waals surface area (Å²) in [5, 5.41) is 0.906. The first-order valence-corrected chi connectivity index (χ1v) is 5.57. The molecule has 14 heavy (non-hydrogen) atoms. The quantitative estimate of drug-likeness (QED) is 0.750. The molecule has 2 rings (SSSR count). The molecule has 0 amide bonds. The van der Waals surface area contributed by atoms with Gasteiger partial charge in [0.25, 0.3) is 0 Å².